The van der Waals surface area contributed by atoms with Crippen molar-refractivity contribution in [3.8, 4) is 10.4 Å². The number of nitrogens with one attached hydrogen (secondary N) is 1. The van der Waals surface area contributed by atoms with Gasteiger partial charge >= 0.3 is 0 Å². The number of β-amino-alcohol motifs (C(OH)–C–C–N with tert-alkyl or cyclic N) is 1. The van der Waals surface area contributed by atoms with Gasteiger partial charge in [-0.3, -0.25) is 9.59 Å². The van der Waals surface area contributed by atoms with Crippen LogP contribution in [-0.2, 0) is 11.3 Å². The van der Waals surface area contributed by atoms with Gasteiger partial charge in [0.1, 0.15) is 6.04 Å². The smallest absolute Gasteiger partial charge is 0.254 e. The predicted molar refractivity (Wildman–Crippen MR) is 116 cm³/mol. The SMILES string of the molecule is Cc1ncsc1-c1ccc(CNC(=O)C2CC(O)CN2C(=O)c2ccccc2)cc1. The molecule has 154 valence electrons. The average molecular weight is 422 g/mol. The number of aromatic nitrogens is 1. The number of carbonyl (C=O) groups excluding carboxylic acids is 2. The third kappa shape index (κ3) is 4.27. The number of nitrogens with zero attached hydrogens (tertiary/aromatic N) is 2. The molecule has 4 rings (SSSR count). The van der Waals surface area contributed by atoms with Crippen LogP contribution in [-0.4, -0.2) is 45.5 Å². The Morgan fingerprint density at radius 3 is 2.57 bits per heavy atom. The van der Waals surface area contributed by atoms with E-state index in [0.717, 1.165) is 21.7 Å². The Kier molecular flexibility index (Phi) is 5.92. The first-order chi connectivity index (χ1) is 14.5. The van der Waals surface area contributed by atoms with Crippen molar-refractivity contribution in [1.29, 1.82) is 0 Å². The molecule has 6 nitrogen and oxygen atoms in total. The van der Waals surface area contributed by atoms with Gasteiger partial charge in [0.2, 0.25) is 5.91 Å². The topological polar surface area (TPSA) is 82.5 Å². The fraction of sp³-hybridized carbons (Fsp3) is 0.261. The maximum absolute atomic E-state index is 12.8. The first-order valence-corrected chi connectivity index (χ1v) is 10.7. The molecule has 1 fully saturated rings. The predicted octanol–water partition coefficient (Wildman–Crippen LogP) is 3.01. The van der Waals surface area contributed by atoms with E-state index in [1.807, 2.05) is 42.8 Å². The second kappa shape index (κ2) is 8.77. The quantitative estimate of drug-likeness (QED) is 0.664. The summed E-state index contributed by atoms with van der Waals surface area (Å²) in [5.41, 5.74) is 5.41. The van der Waals surface area contributed by atoms with Crippen molar-refractivity contribution in [1.82, 2.24) is 15.2 Å². The van der Waals surface area contributed by atoms with Crippen LogP contribution in [0.1, 0.15) is 28.0 Å². The number of hydrogen-bond donors (Lipinski definition) is 2. The van der Waals surface area contributed by atoms with Crippen LogP contribution in [0.4, 0.5) is 0 Å². The highest BCUT2D eigenvalue weighted by Gasteiger charge is 2.39. The van der Waals surface area contributed by atoms with E-state index in [-0.39, 0.29) is 24.8 Å². The van der Waals surface area contributed by atoms with Crippen LogP contribution >= 0.6 is 11.3 Å². The Morgan fingerprint density at radius 2 is 1.90 bits per heavy atom. The first-order valence-electron chi connectivity index (χ1n) is 9.84. The highest BCUT2D eigenvalue weighted by molar-refractivity contribution is 7.13. The maximum Gasteiger partial charge on any atom is 0.254 e. The minimum Gasteiger partial charge on any atom is -0.391 e. The zero-order valence-electron chi connectivity index (χ0n) is 16.6. The molecule has 2 amide bonds. The Labute approximate surface area is 179 Å². The van der Waals surface area contributed by atoms with Crippen molar-refractivity contribution in [2.45, 2.75) is 32.0 Å². The lowest BCUT2D eigenvalue weighted by Gasteiger charge is -2.23. The van der Waals surface area contributed by atoms with Crippen LogP contribution in [0.3, 0.4) is 0 Å². The van der Waals surface area contributed by atoms with Gasteiger partial charge in [0, 0.05) is 25.1 Å². The summed E-state index contributed by atoms with van der Waals surface area (Å²) >= 11 is 1.60. The van der Waals surface area contributed by atoms with Crippen LogP contribution in [0.2, 0.25) is 0 Å². The molecule has 7 heteroatoms. The third-order valence-corrected chi connectivity index (χ3v) is 6.27. The lowest BCUT2D eigenvalue weighted by molar-refractivity contribution is -0.125. The number of hydrogen-bond acceptors (Lipinski definition) is 5. The van der Waals surface area contributed by atoms with E-state index in [0.29, 0.717) is 12.1 Å². The molecule has 2 unspecified atom stereocenters. The molecule has 1 aliphatic heterocycles. The van der Waals surface area contributed by atoms with E-state index in [9.17, 15) is 14.7 Å². The number of aryl methyl sites for hydroxylation is 1. The second-order valence-electron chi connectivity index (χ2n) is 7.41. The number of rotatable bonds is 5. The van der Waals surface area contributed by atoms with Gasteiger partial charge in [0.15, 0.2) is 0 Å². The van der Waals surface area contributed by atoms with E-state index in [1.54, 1.807) is 35.6 Å². The molecule has 2 heterocycles. The number of thiazole rings is 1. The monoisotopic (exact) mass is 421 g/mol. The Bertz CT molecular complexity index is 1030. The highest BCUT2D eigenvalue weighted by atomic mass is 32.1. The molecule has 2 N–H and O–H groups in total. The van der Waals surface area contributed by atoms with Crippen molar-refractivity contribution < 1.29 is 14.7 Å². The zero-order chi connectivity index (χ0) is 21.1. The summed E-state index contributed by atoms with van der Waals surface area (Å²) in [4.78, 5) is 32.5. The number of likely N-dealkylation sites (tertiary alicyclic amines) is 1. The van der Waals surface area contributed by atoms with Crippen LogP contribution < -0.4 is 5.32 Å². The van der Waals surface area contributed by atoms with Crippen molar-refractivity contribution in [2.75, 3.05) is 6.54 Å². The molecular formula is C23H23N3O3S. The number of benzene rings is 2. The van der Waals surface area contributed by atoms with Gasteiger partial charge in [-0.1, -0.05) is 42.5 Å². The summed E-state index contributed by atoms with van der Waals surface area (Å²) in [5, 5.41) is 13.0. The third-order valence-electron chi connectivity index (χ3n) is 5.29. The van der Waals surface area contributed by atoms with Crippen molar-refractivity contribution in [3.05, 3.63) is 76.9 Å². The van der Waals surface area contributed by atoms with Gasteiger partial charge in [-0.05, 0) is 30.2 Å². The normalized spacial score (nSPS) is 18.4. The Balaban J connectivity index is 1.40. The van der Waals surface area contributed by atoms with Crippen LogP contribution in [0, 0.1) is 6.92 Å². The van der Waals surface area contributed by atoms with Gasteiger partial charge in [0.25, 0.3) is 5.91 Å². The second-order valence-corrected chi connectivity index (χ2v) is 8.27. The Morgan fingerprint density at radius 1 is 1.17 bits per heavy atom. The van der Waals surface area contributed by atoms with Crippen LogP contribution in [0.15, 0.2) is 60.1 Å². The lowest BCUT2D eigenvalue weighted by Crippen LogP contribution is -2.45. The minimum absolute atomic E-state index is 0.161. The van der Waals surface area contributed by atoms with Gasteiger partial charge in [0.05, 0.1) is 22.2 Å². The molecule has 1 aliphatic rings. The zero-order valence-corrected chi connectivity index (χ0v) is 17.4. The maximum atomic E-state index is 12.8. The average Bonchev–Trinajstić information content (AvgIpc) is 3.38. The van der Waals surface area contributed by atoms with Crippen LogP contribution in [0.5, 0.6) is 0 Å². The summed E-state index contributed by atoms with van der Waals surface area (Å²) < 4.78 is 0. The molecule has 0 radical (unpaired) electrons. The van der Waals surface area contributed by atoms with Crippen LogP contribution in [0.25, 0.3) is 10.4 Å². The van der Waals surface area contributed by atoms with Gasteiger partial charge < -0.3 is 15.3 Å². The molecule has 30 heavy (non-hydrogen) atoms. The molecule has 2 atom stereocenters. The summed E-state index contributed by atoms with van der Waals surface area (Å²) in [7, 11) is 0. The highest BCUT2D eigenvalue weighted by Crippen LogP contribution is 2.27. The van der Waals surface area contributed by atoms with Crippen molar-refractivity contribution in [3.63, 3.8) is 0 Å². The van der Waals surface area contributed by atoms with E-state index in [4.69, 9.17) is 0 Å². The molecular weight excluding hydrogens is 398 g/mol. The van der Waals surface area contributed by atoms with Crippen molar-refractivity contribution >= 4 is 23.2 Å². The molecule has 0 aliphatic carbocycles. The molecule has 0 bridgehead atoms. The summed E-state index contributed by atoms with van der Waals surface area (Å²) in [6.07, 6.45) is -0.455. The molecule has 1 aromatic heterocycles. The van der Waals surface area contributed by atoms with E-state index >= 15 is 0 Å². The number of amides is 2. The fourth-order valence-electron chi connectivity index (χ4n) is 3.69. The van der Waals surface area contributed by atoms with E-state index in [2.05, 4.69) is 10.3 Å². The van der Waals surface area contributed by atoms with E-state index in [1.165, 1.54) is 4.90 Å². The lowest BCUT2D eigenvalue weighted by atomic mass is 10.1. The molecule has 0 spiro atoms. The largest absolute Gasteiger partial charge is 0.391 e. The molecule has 1 saturated heterocycles. The van der Waals surface area contributed by atoms with Gasteiger partial charge in [-0.2, -0.15) is 0 Å². The summed E-state index contributed by atoms with van der Waals surface area (Å²) in [6.45, 7) is 2.51. The standard InChI is InChI=1S/C23H23N3O3S/c1-15-21(30-14-25-15)17-9-7-16(8-10-17)12-24-22(28)20-11-19(27)13-26(20)23(29)18-5-3-2-4-6-18/h2-10,14,19-20,27H,11-13H2,1H3,(H,24,28). The molecule has 2 aromatic carbocycles. The summed E-state index contributed by atoms with van der Waals surface area (Å²) in [6, 6.07) is 16.2. The number of carbonyl (C=O) groups is 2. The molecule has 3 aromatic rings. The Hall–Kier alpha value is -3.03. The van der Waals surface area contributed by atoms with E-state index < -0.39 is 12.1 Å². The van der Waals surface area contributed by atoms with Crippen molar-refractivity contribution in [2.24, 2.45) is 0 Å². The fourth-order valence-corrected chi connectivity index (χ4v) is 4.50. The minimum atomic E-state index is -0.699. The summed E-state index contributed by atoms with van der Waals surface area (Å²) in [5.74, 6) is -0.491. The first kappa shape index (κ1) is 20.3. The van der Waals surface area contributed by atoms with Gasteiger partial charge in [-0.15, -0.1) is 11.3 Å². The van der Waals surface area contributed by atoms with Gasteiger partial charge in [-0.25, -0.2) is 4.98 Å². The number of aliphatic hydroxyl groups is 1. The molecule has 0 saturated carbocycles. The number of aliphatic hydroxyl groups excluding tert-OH is 1.